The van der Waals surface area contributed by atoms with Crippen molar-refractivity contribution in [3.05, 3.63) is 88.0 Å². The van der Waals surface area contributed by atoms with E-state index in [1.165, 1.54) is 6.08 Å². The number of nitrogens with one attached hydrogen (secondary N) is 1. The Bertz CT molecular complexity index is 767. The van der Waals surface area contributed by atoms with Crippen molar-refractivity contribution in [1.29, 1.82) is 0 Å². The highest BCUT2D eigenvalue weighted by Gasteiger charge is 2.12. The molecule has 2 aromatic rings. The summed E-state index contributed by atoms with van der Waals surface area (Å²) in [6.45, 7) is 0. The lowest BCUT2D eigenvalue weighted by Gasteiger charge is -2.05. The van der Waals surface area contributed by atoms with E-state index in [4.69, 9.17) is 0 Å². The van der Waals surface area contributed by atoms with Crippen LogP contribution in [0.15, 0.2) is 76.9 Å². The van der Waals surface area contributed by atoms with Crippen molar-refractivity contribution < 1.29 is 14.7 Å². The van der Waals surface area contributed by atoms with E-state index in [-0.39, 0.29) is 5.70 Å². The topological polar surface area (TPSA) is 66.4 Å². The van der Waals surface area contributed by atoms with Crippen LogP contribution in [-0.2, 0) is 4.79 Å². The first-order valence-electron chi connectivity index (χ1n) is 6.80. The van der Waals surface area contributed by atoms with E-state index < -0.39 is 11.9 Å². The summed E-state index contributed by atoms with van der Waals surface area (Å²) in [4.78, 5) is 23.3. The van der Waals surface area contributed by atoms with E-state index in [2.05, 4.69) is 21.2 Å². The summed E-state index contributed by atoms with van der Waals surface area (Å²) in [6, 6.07) is 16.2. The van der Waals surface area contributed by atoms with Gasteiger partial charge in [-0.15, -0.1) is 0 Å². The Labute approximate surface area is 142 Å². The van der Waals surface area contributed by atoms with Gasteiger partial charge < -0.3 is 10.4 Å². The third-order valence-corrected chi connectivity index (χ3v) is 3.41. The minimum absolute atomic E-state index is 0.192. The largest absolute Gasteiger partial charge is 0.477 e. The summed E-state index contributed by atoms with van der Waals surface area (Å²) in [6.07, 6.45) is 4.69. The molecule has 0 fully saturated rings. The number of amides is 1. The van der Waals surface area contributed by atoms with Crippen LogP contribution in [0.25, 0.3) is 6.08 Å². The van der Waals surface area contributed by atoms with Gasteiger partial charge in [0, 0.05) is 10.0 Å². The molecule has 0 aliphatic carbocycles. The van der Waals surface area contributed by atoms with E-state index >= 15 is 0 Å². The number of carboxylic acids is 1. The van der Waals surface area contributed by atoms with Gasteiger partial charge in [0.2, 0.25) is 0 Å². The average Bonchev–Trinajstić information content (AvgIpc) is 2.54. The summed E-state index contributed by atoms with van der Waals surface area (Å²) in [5.74, 6) is -1.68. The van der Waals surface area contributed by atoms with Gasteiger partial charge in [-0.2, -0.15) is 0 Å². The predicted octanol–water partition coefficient (Wildman–Crippen LogP) is 3.86. The Morgan fingerprint density at radius 2 is 1.78 bits per heavy atom. The Morgan fingerprint density at radius 1 is 1.04 bits per heavy atom. The molecule has 0 unspecified atom stereocenters. The first kappa shape index (κ1) is 16.7. The zero-order valence-electron chi connectivity index (χ0n) is 12.1. The van der Waals surface area contributed by atoms with Crippen LogP contribution in [0.3, 0.4) is 0 Å². The fourth-order valence-electron chi connectivity index (χ4n) is 1.81. The number of hydrogen-bond acceptors (Lipinski definition) is 2. The van der Waals surface area contributed by atoms with Gasteiger partial charge in [-0.3, -0.25) is 4.79 Å². The molecule has 2 N–H and O–H groups in total. The second-order valence-electron chi connectivity index (χ2n) is 4.62. The molecule has 5 heteroatoms. The maximum atomic E-state index is 12.1. The van der Waals surface area contributed by atoms with Crippen LogP contribution in [-0.4, -0.2) is 17.0 Å². The van der Waals surface area contributed by atoms with E-state index in [0.717, 1.165) is 10.0 Å². The monoisotopic (exact) mass is 371 g/mol. The summed E-state index contributed by atoms with van der Waals surface area (Å²) in [5.41, 5.74) is 1.12. The third kappa shape index (κ3) is 5.23. The molecule has 2 aromatic carbocycles. The molecule has 0 heterocycles. The first-order valence-corrected chi connectivity index (χ1v) is 7.59. The molecule has 0 saturated heterocycles. The van der Waals surface area contributed by atoms with Gasteiger partial charge in [-0.25, -0.2) is 4.79 Å². The minimum atomic E-state index is -1.20. The van der Waals surface area contributed by atoms with Crippen LogP contribution in [0.5, 0.6) is 0 Å². The van der Waals surface area contributed by atoms with Crippen molar-refractivity contribution in [2.75, 3.05) is 0 Å². The lowest BCUT2D eigenvalue weighted by molar-refractivity contribution is -0.133. The summed E-state index contributed by atoms with van der Waals surface area (Å²) < 4.78 is 0.745. The predicted molar refractivity (Wildman–Crippen MR) is 92.8 cm³/mol. The van der Waals surface area contributed by atoms with E-state index in [9.17, 15) is 14.7 Å². The number of carboxylic acid groups (broad SMARTS) is 1. The van der Waals surface area contributed by atoms with Gasteiger partial charge >= 0.3 is 5.97 Å². The zero-order chi connectivity index (χ0) is 16.7. The lowest BCUT2D eigenvalue weighted by atomic mass is 10.2. The SMILES string of the molecule is O=C(O)/C(=C\C=C\c1ccccc1)NC(=O)c1cccc(Br)c1. The quantitative estimate of drug-likeness (QED) is 0.619. The van der Waals surface area contributed by atoms with Gasteiger partial charge in [0.15, 0.2) is 0 Å². The summed E-state index contributed by atoms with van der Waals surface area (Å²) >= 11 is 3.27. The molecule has 0 saturated carbocycles. The zero-order valence-corrected chi connectivity index (χ0v) is 13.7. The number of carbonyl (C=O) groups excluding carboxylic acids is 1. The van der Waals surface area contributed by atoms with Crippen LogP contribution in [0.1, 0.15) is 15.9 Å². The third-order valence-electron chi connectivity index (χ3n) is 2.92. The molecule has 23 heavy (non-hydrogen) atoms. The van der Waals surface area contributed by atoms with E-state index in [0.29, 0.717) is 5.56 Å². The van der Waals surface area contributed by atoms with Crippen LogP contribution in [0.2, 0.25) is 0 Å². The molecule has 4 nitrogen and oxygen atoms in total. The van der Waals surface area contributed by atoms with Gasteiger partial charge in [0.25, 0.3) is 5.91 Å². The van der Waals surface area contributed by atoms with E-state index in [1.54, 1.807) is 36.4 Å². The van der Waals surface area contributed by atoms with Crippen molar-refractivity contribution in [2.45, 2.75) is 0 Å². The Morgan fingerprint density at radius 3 is 2.43 bits per heavy atom. The summed E-state index contributed by atoms with van der Waals surface area (Å²) in [7, 11) is 0. The molecule has 2 rings (SSSR count). The minimum Gasteiger partial charge on any atom is -0.477 e. The number of halogens is 1. The molecule has 0 aliphatic heterocycles. The van der Waals surface area contributed by atoms with Crippen molar-refractivity contribution in [3.8, 4) is 0 Å². The first-order chi connectivity index (χ1) is 11.1. The van der Waals surface area contributed by atoms with Crippen molar-refractivity contribution >= 4 is 33.9 Å². The number of hydrogen-bond donors (Lipinski definition) is 2. The van der Waals surface area contributed by atoms with Crippen LogP contribution in [0, 0.1) is 0 Å². The smallest absolute Gasteiger partial charge is 0.352 e. The number of allylic oxidation sites excluding steroid dienone is 2. The second-order valence-corrected chi connectivity index (χ2v) is 5.54. The Hall–Kier alpha value is -2.66. The van der Waals surface area contributed by atoms with Crippen LogP contribution in [0.4, 0.5) is 0 Å². The molecule has 1 amide bonds. The fraction of sp³-hybridized carbons (Fsp3) is 0. The maximum Gasteiger partial charge on any atom is 0.352 e. The number of rotatable bonds is 5. The number of benzene rings is 2. The van der Waals surface area contributed by atoms with Crippen LogP contribution < -0.4 is 5.32 Å². The van der Waals surface area contributed by atoms with Gasteiger partial charge in [0.1, 0.15) is 5.70 Å². The molecule has 116 valence electrons. The molecule has 0 radical (unpaired) electrons. The van der Waals surface area contributed by atoms with Gasteiger partial charge in [-0.05, 0) is 29.8 Å². The Balaban J connectivity index is 2.12. The summed E-state index contributed by atoms with van der Waals surface area (Å²) in [5, 5.41) is 11.6. The van der Waals surface area contributed by atoms with Crippen molar-refractivity contribution in [3.63, 3.8) is 0 Å². The number of carbonyl (C=O) groups is 2. The lowest BCUT2D eigenvalue weighted by Crippen LogP contribution is -2.27. The second kappa shape index (κ2) is 8.10. The van der Waals surface area contributed by atoms with Crippen molar-refractivity contribution in [2.24, 2.45) is 0 Å². The standard InChI is InChI=1S/C18H14BrNO3/c19-15-10-5-9-14(12-15)17(21)20-16(18(22)23)11-4-8-13-6-2-1-3-7-13/h1-12H,(H,20,21)(H,22,23)/b8-4+,16-11+. The van der Waals surface area contributed by atoms with Crippen LogP contribution >= 0.6 is 15.9 Å². The van der Waals surface area contributed by atoms with Gasteiger partial charge in [-0.1, -0.05) is 64.5 Å². The molecule has 0 aromatic heterocycles. The van der Waals surface area contributed by atoms with Gasteiger partial charge in [0.05, 0.1) is 0 Å². The maximum absolute atomic E-state index is 12.1. The highest BCUT2D eigenvalue weighted by Crippen LogP contribution is 2.12. The molecule has 0 aliphatic rings. The Kier molecular flexibility index (Phi) is 5.88. The molecule has 0 spiro atoms. The molecular weight excluding hydrogens is 358 g/mol. The average molecular weight is 372 g/mol. The molecule has 0 atom stereocenters. The van der Waals surface area contributed by atoms with Crippen molar-refractivity contribution in [1.82, 2.24) is 5.32 Å². The highest BCUT2D eigenvalue weighted by molar-refractivity contribution is 9.10. The fourth-order valence-corrected chi connectivity index (χ4v) is 2.21. The number of aliphatic carboxylic acids is 1. The molecule has 0 bridgehead atoms. The highest BCUT2D eigenvalue weighted by atomic mass is 79.9. The normalized spacial score (nSPS) is 11.4. The van der Waals surface area contributed by atoms with E-state index in [1.807, 2.05) is 30.3 Å². The molecular formula is C18H14BrNO3.